The fourth-order valence-electron chi connectivity index (χ4n) is 5.57. The standard InChI is InChI=1S/C34H19N3O/c35-20-21-9-11-22(12-10-21)23-13-15-24(16-14-23)25-17-18-31-28(19-25)32-33(38-31)26-5-1-2-6-27(26)34-36-29-7-3-4-8-30(29)37(32)34/h1-19H. The van der Waals surface area contributed by atoms with E-state index in [0.717, 1.165) is 71.8 Å². The SMILES string of the molecule is N#Cc1ccc(-c2ccc(-c3ccc4oc5c6ccccc6c6nc7ccccc7n6c5c4c3)cc2)cc1. The number of imidazole rings is 1. The first-order valence-electron chi connectivity index (χ1n) is 12.5. The normalized spacial score (nSPS) is 11.7. The Balaban J connectivity index is 1.36. The Labute approximate surface area is 217 Å². The first kappa shape index (κ1) is 20.8. The Kier molecular flexibility index (Phi) is 4.26. The zero-order valence-corrected chi connectivity index (χ0v) is 20.2. The molecule has 0 aliphatic rings. The van der Waals surface area contributed by atoms with Crippen LogP contribution in [0.15, 0.2) is 120 Å². The average Bonchev–Trinajstić information content (AvgIpc) is 3.56. The number of hydrogen-bond acceptors (Lipinski definition) is 3. The number of benzene rings is 5. The number of nitrogens with zero attached hydrogens (tertiary/aromatic N) is 3. The van der Waals surface area contributed by atoms with Gasteiger partial charge in [-0.2, -0.15) is 5.26 Å². The summed E-state index contributed by atoms with van der Waals surface area (Å²) in [5.41, 5.74) is 10.9. The minimum Gasteiger partial charge on any atom is -0.454 e. The Hall–Kier alpha value is -5.40. The third kappa shape index (κ3) is 2.93. The van der Waals surface area contributed by atoms with E-state index in [-0.39, 0.29) is 0 Å². The van der Waals surface area contributed by atoms with Gasteiger partial charge in [0.1, 0.15) is 16.7 Å². The minimum atomic E-state index is 0.665. The molecule has 8 aromatic rings. The van der Waals surface area contributed by atoms with Gasteiger partial charge in [-0.05, 0) is 58.7 Å². The van der Waals surface area contributed by atoms with Crippen molar-refractivity contribution in [3.63, 3.8) is 0 Å². The molecule has 0 aliphatic carbocycles. The molecule has 5 aromatic carbocycles. The molecule has 0 amide bonds. The Bertz CT molecular complexity index is 2230. The lowest BCUT2D eigenvalue weighted by atomic mass is 9.99. The molecule has 3 aromatic heterocycles. The first-order valence-corrected chi connectivity index (χ1v) is 12.5. The van der Waals surface area contributed by atoms with Crippen LogP contribution < -0.4 is 0 Å². The second-order valence-electron chi connectivity index (χ2n) is 9.56. The minimum absolute atomic E-state index is 0.665. The van der Waals surface area contributed by atoms with E-state index in [1.54, 1.807) is 0 Å². The van der Waals surface area contributed by atoms with Gasteiger partial charge in [-0.1, -0.05) is 78.9 Å². The smallest absolute Gasteiger partial charge is 0.160 e. The second-order valence-corrected chi connectivity index (χ2v) is 9.56. The van der Waals surface area contributed by atoms with Gasteiger partial charge in [0.2, 0.25) is 0 Å². The summed E-state index contributed by atoms with van der Waals surface area (Å²) in [5, 5.41) is 12.3. The van der Waals surface area contributed by atoms with Crippen molar-refractivity contribution in [3.05, 3.63) is 121 Å². The van der Waals surface area contributed by atoms with Gasteiger partial charge in [-0.3, -0.25) is 4.40 Å². The average molecular weight is 486 g/mol. The molecule has 176 valence electrons. The molecule has 0 spiro atoms. The fraction of sp³-hybridized carbons (Fsp3) is 0. The molecule has 0 unspecified atom stereocenters. The summed E-state index contributed by atoms with van der Waals surface area (Å²) in [7, 11) is 0. The van der Waals surface area contributed by atoms with Crippen LogP contribution in [0.5, 0.6) is 0 Å². The summed E-state index contributed by atoms with van der Waals surface area (Å²) < 4.78 is 8.75. The molecule has 8 rings (SSSR count). The Morgan fingerprint density at radius 3 is 2.03 bits per heavy atom. The second kappa shape index (κ2) is 7.80. The van der Waals surface area contributed by atoms with Gasteiger partial charge in [-0.25, -0.2) is 4.98 Å². The highest BCUT2D eigenvalue weighted by Gasteiger charge is 2.19. The van der Waals surface area contributed by atoms with Gasteiger partial charge in [0.25, 0.3) is 0 Å². The van der Waals surface area contributed by atoms with Crippen molar-refractivity contribution in [1.29, 1.82) is 5.26 Å². The van der Waals surface area contributed by atoms with Gasteiger partial charge in [0.05, 0.1) is 22.7 Å². The third-order valence-corrected chi connectivity index (χ3v) is 7.42. The molecule has 0 bridgehead atoms. The maximum absolute atomic E-state index is 9.08. The molecule has 3 heterocycles. The van der Waals surface area contributed by atoms with E-state index in [1.165, 1.54) is 0 Å². The van der Waals surface area contributed by atoms with E-state index < -0.39 is 0 Å². The monoisotopic (exact) mass is 485 g/mol. The number of furan rings is 1. The molecule has 0 aliphatic heterocycles. The van der Waals surface area contributed by atoms with Crippen molar-refractivity contribution in [2.75, 3.05) is 0 Å². The van der Waals surface area contributed by atoms with Gasteiger partial charge in [0, 0.05) is 16.2 Å². The van der Waals surface area contributed by atoms with Crippen molar-refractivity contribution >= 4 is 49.5 Å². The van der Waals surface area contributed by atoms with Crippen LogP contribution in [-0.4, -0.2) is 9.38 Å². The van der Waals surface area contributed by atoms with Crippen molar-refractivity contribution in [3.8, 4) is 28.3 Å². The Morgan fingerprint density at radius 1 is 0.632 bits per heavy atom. The van der Waals surface area contributed by atoms with Gasteiger partial charge < -0.3 is 4.42 Å². The van der Waals surface area contributed by atoms with Crippen LogP contribution in [0.2, 0.25) is 0 Å². The fourth-order valence-corrected chi connectivity index (χ4v) is 5.57. The van der Waals surface area contributed by atoms with E-state index in [0.29, 0.717) is 5.56 Å². The maximum Gasteiger partial charge on any atom is 0.160 e. The lowest BCUT2D eigenvalue weighted by Crippen LogP contribution is -1.89. The summed E-state index contributed by atoms with van der Waals surface area (Å²) in [6.07, 6.45) is 0. The van der Waals surface area contributed by atoms with E-state index in [2.05, 4.69) is 95.4 Å². The number of nitriles is 1. The molecule has 0 saturated heterocycles. The van der Waals surface area contributed by atoms with E-state index in [4.69, 9.17) is 14.7 Å². The summed E-state index contributed by atoms with van der Waals surface area (Å²) >= 11 is 0. The van der Waals surface area contributed by atoms with Crippen molar-refractivity contribution < 1.29 is 4.42 Å². The molecular weight excluding hydrogens is 466 g/mol. The lowest BCUT2D eigenvalue weighted by Gasteiger charge is -2.06. The van der Waals surface area contributed by atoms with Crippen LogP contribution in [0, 0.1) is 11.3 Å². The van der Waals surface area contributed by atoms with Crippen molar-refractivity contribution in [1.82, 2.24) is 9.38 Å². The number of aromatic nitrogens is 2. The van der Waals surface area contributed by atoms with Crippen molar-refractivity contribution in [2.24, 2.45) is 0 Å². The van der Waals surface area contributed by atoms with Crippen LogP contribution in [-0.2, 0) is 0 Å². The zero-order valence-electron chi connectivity index (χ0n) is 20.2. The van der Waals surface area contributed by atoms with E-state index in [1.807, 2.05) is 30.3 Å². The highest BCUT2D eigenvalue weighted by atomic mass is 16.3. The third-order valence-electron chi connectivity index (χ3n) is 7.42. The van der Waals surface area contributed by atoms with E-state index in [9.17, 15) is 0 Å². The summed E-state index contributed by atoms with van der Waals surface area (Å²) in [4.78, 5) is 5.01. The molecule has 0 atom stereocenters. The topological polar surface area (TPSA) is 54.2 Å². The number of para-hydroxylation sites is 2. The zero-order chi connectivity index (χ0) is 25.2. The summed E-state index contributed by atoms with van der Waals surface area (Å²) in [5.74, 6) is 0. The van der Waals surface area contributed by atoms with Crippen LogP contribution >= 0.6 is 0 Å². The van der Waals surface area contributed by atoms with Crippen LogP contribution in [0.1, 0.15) is 5.56 Å². The van der Waals surface area contributed by atoms with E-state index >= 15 is 0 Å². The molecule has 0 saturated carbocycles. The maximum atomic E-state index is 9.08. The highest BCUT2D eigenvalue weighted by molar-refractivity contribution is 6.19. The molecular formula is C34H19N3O. The number of pyridine rings is 1. The molecule has 0 radical (unpaired) electrons. The number of rotatable bonds is 2. The largest absolute Gasteiger partial charge is 0.454 e. The molecule has 38 heavy (non-hydrogen) atoms. The van der Waals surface area contributed by atoms with Gasteiger partial charge in [0.15, 0.2) is 5.58 Å². The highest BCUT2D eigenvalue weighted by Crippen LogP contribution is 2.39. The first-order chi connectivity index (χ1) is 18.8. The molecule has 0 fully saturated rings. The van der Waals surface area contributed by atoms with Crippen LogP contribution in [0.4, 0.5) is 0 Å². The van der Waals surface area contributed by atoms with Crippen LogP contribution in [0.3, 0.4) is 0 Å². The molecule has 4 nitrogen and oxygen atoms in total. The lowest BCUT2D eigenvalue weighted by molar-refractivity contribution is 0.672. The predicted molar refractivity (Wildman–Crippen MR) is 153 cm³/mol. The Morgan fingerprint density at radius 2 is 1.26 bits per heavy atom. The predicted octanol–water partition coefficient (Wildman–Crippen LogP) is 8.75. The van der Waals surface area contributed by atoms with Gasteiger partial charge >= 0.3 is 0 Å². The summed E-state index contributed by atoms with van der Waals surface area (Å²) in [6.45, 7) is 0. The van der Waals surface area contributed by atoms with Gasteiger partial charge in [-0.15, -0.1) is 0 Å². The molecule has 4 heteroatoms. The van der Waals surface area contributed by atoms with Crippen molar-refractivity contribution in [2.45, 2.75) is 0 Å². The number of fused-ring (bicyclic) bond motifs is 10. The summed E-state index contributed by atoms with van der Waals surface area (Å²) in [6, 6.07) is 41.4. The number of hydrogen-bond donors (Lipinski definition) is 0. The van der Waals surface area contributed by atoms with Crippen LogP contribution in [0.25, 0.3) is 71.8 Å². The molecule has 0 N–H and O–H groups in total. The quantitative estimate of drug-likeness (QED) is 0.246.